The molecule has 1 aliphatic carbocycles. The van der Waals surface area contributed by atoms with E-state index in [1.165, 1.54) is 17.2 Å². The molecule has 6 rings (SSSR count). The number of nitrogens with zero attached hydrogens (tertiary/aromatic N) is 3. The number of amides is 2. The normalized spacial score (nSPS) is 21.4. The Morgan fingerprint density at radius 1 is 1.26 bits per heavy atom. The van der Waals surface area contributed by atoms with Crippen LogP contribution in [0.5, 0.6) is 0 Å². The van der Waals surface area contributed by atoms with Gasteiger partial charge in [0.2, 0.25) is 0 Å². The summed E-state index contributed by atoms with van der Waals surface area (Å²) < 4.78 is 22.4. The number of halogens is 2. The molecule has 2 amide bonds. The lowest BCUT2D eigenvalue weighted by molar-refractivity contribution is -0.0418. The molecule has 1 spiro atoms. The second-order valence-corrected chi connectivity index (χ2v) is 9.72. The third kappa shape index (κ3) is 3.53. The number of para-hydroxylation sites is 1. The standard InChI is InChI=1S/C25H23ClFN5O3/c26-17-8-9-18-20(21(17)27)25(35-24(34)30-18)10-3-11-31(13-25)23(33)16-12-29-32(22(16)28)19-5-2-1-4-15(19)14-6-7-14/h1-2,4-5,8-9,12,14H,3,6-7,10-11,13,28H2,(H,30,34)/t25-/m0/s1. The van der Waals surface area contributed by atoms with Gasteiger partial charge in [-0.1, -0.05) is 29.8 Å². The number of hydrogen-bond acceptors (Lipinski definition) is 5. The average molecular weight is 496 g/mol. The summed E-state index contributed by atoms with van der Waals surface area (Å²) in [5.74, 6) is -0.301. The molecule has 1 aromatic heterocycles. The highest BCUT2D eigenvalue weighted by Crippen LogP contribution is 2.46. The van der Waals surface area contributed by atoms with Gasteiger partial charge in [-0.3, -0.25) is 10.1 Å². The maximum Gasteiger partial charge on any atom is 0.412 e. The molecule has 3 aliphatic rings. The fourth-order valence-electron chi connectivity index (χ4n) is 5.25. The number of hydrogen-bond donors (Lipinski definition) is 2. The molecule has 2 fully saturated rings. The number of carbonyl (C=O) groups excluding carboxylic acids is 2. The molecule has 3 heterocycles. The van der Waals surface area contributed by atoms with Crippen molar-refractivity contribution in [3.63, 3.8) is 0 Å². The van der Waals surface area contributed by atoms with E-state index in [1.807, 2.05) is 18.2 Å². The van der Waals surface area contributed by atoms with Crippen LogP contribution in [0, 0.1) is 5.82 Å². The van der Waals surface area contributed by atoms with Gasteiger partial charge in [0, 0.05) is 6.54 Å². The van der Waals surface area contributed by atoms with E-state index in [-0.39, 0.29) is 34.4 Å². The molecule has 3 aromatic rings. The maximum atomic E-state index is 15.2. The van der Waals surface area contributed by atoms with Crippen LogP contribution in [0.3, 0.4) is 0 Å². The maximum absolute atomic E-state index is 15.2. The molecule has 1 saturated heterocycles. The lowest BCUT2D eigenvalue weighted by atomic mass is 9.83. The topological polar surface area (TPSA) is 102 Å². The van der Waals surface area contributed by atoms with Crippen LogP contribution < -0.4 is 11.1 Å². The number of ether oxygens (including phenoxy) is 1. The molecular formula is C25H23ClFN5O3. The SMILES string of the molecule is Nc1c(C(=O)N2CCC[C@@]3(C2)OC(=O)Nc2ccc(Cl)c(F)c23)cnn1-c1ccccc1C1CC1. The lowest BCUT2D eigenvalue weighted by Gasteiger charge is -2.45. The molecule has 1 saturated carbocycles. The van der Waals surface area contributed by atoms with Crippen molar-refractivity contribution in [1.29, 1.82) is 0 Å². The van der Waals surface area contributed by atoms with Gasteiger partial charge in [-0.05, 0) is 55.4 Å². The number of carbonyl (C=O) groups is 2. The number of piperidine rings is 1. The van der Waals surface area contributed by atoms with Crippen LogP contribution in [-0.2, 0) is 10.3 Å². The Hall–Kier alpha value is -3.59. The zero-order chi connectivity index (χ0) is 24.3. The van der Waals surface area contributed by atoms with Gasteiger partial charge >= 0.3 is 6.09 Å². The summed E-state index contributed by atoms with van der Waals surface area (Å²) in [6.07, 6.45) is 3.87. The summed E-state index contributed by atoms with van der Waals surface area (Å²) in [6, 6.07) is 10.8. The number of fused-ring (bicyclic) bond motifs is 2. The highest BCUT2D eigenvalue weighted by molar-refractivity contribution is 6.31. The fourth-order valence-corrected chi connectivity index (χ4v) is 5.41. The summed E-state index contributed by atoms with van der Waals surface area (Å²) in [7, 11) is 0. The van der Waals surface area contributed by atoms with Crippen molar-refractivity contribution in [2.75, 3.05) is 24.1 Å². The van der Waals surface area contributed by atoms with Gasteiger partial charge in [-0.15, -0.1) is 0 Å². The molecule has 10 heteroatoms. The molecule has 0 unspecified atom stereocenters. The number of benzene rings is 2. The Morgan fingerprint density at radius 3 is 2.86 bits per heavy atom. The number of nitrogens with two attached hydrogens (primary N) is 1. The Balaban J connectivity index is 1.34. The van der Waals surface area contributed by atoms with E-state index in [0.29, 0.717) is 31.0 Å². The quantitative estimate of drug-likeness (QED) is 0.542. The van der Waals surface area contributed by atoms with Crippen LogP contribution in [0.1, 0.15) is 53.1 Å². The first-order valence-electron chi connectivity index (χ1n) is 11.6. The predicted molar refractivity (Wildman–Crippen MR) is 128 cm³/mol. The summed E-state index contributed by atoms with van der Waals surface area (Å²) in [5, 5.41) is 6.87. The molecule has 3 N–H and O–H groups in total. The van der Waals surface area contributed by atoms with Crippen molar-refractivity contribution in [2.24, 2.45) is 0 Å². The van der Waals surface area contributed by atoms with Crippen molar-refractivity contribution >= 4 is 35.1 Å². The molecule has 2 aromatic carbocycles. The fraction of sp³-hybridized carbons (Fsp3) is 0.320. The molecule has 0 bridgehead atoms. The largest absolute Gasteiger partial charge is 0.436 e. The molecule has 1 atom stereocenters. The van der Waals surface area contributed by atoms with Crippen LogP contribution in [0.4, 0.5) is 20.7 Å². The minimum absolute atomic E-state index is 0.0210. The minimum Gasteiger partial charge on any atom is -0.436 e. The number of aromatic nitrogens is 2. The van der Waals surface area contributed by atoms with Crippen LogP contribution >= 0.6 is 11.6 Å². The highest BCUT2D eigenvalue weighted by atomic mass is 35.5. The zero-order valence-corrected chi connectivity index (χ0v) is 19.5. The summed E-state index contributed by atoms with van der Waals surface area (Å²) >= 11 is 6.05. The molecule has 8 nitrogen and oxygen atoms in total. The van der Waals surface area contributed by atoms with Gasteiger partial charge in [-0.2, -0.15) is 5.10 Å². The number of likely N-dealkylation sites (tertiary alicyclic amines) is 1. The summed E-state index contributed by atoms with van der Waals surface area (Å²) in [6.45, 7) is 0.388. The van der Waals surface area contributed by atoms with Crippen molar-refractivity contribution in [3.05, 3.63) is 70.1 Å². The van der Waals surface area contributed by atoms with E-state index < -0.39 is 17.5 Å². The van der Waals surface area contributed by atoms with E-state index in [0.717, 1.165) is 24.1 Å². The molecule has 35 heavy (non-hydrogen) atoms. The van der Waals surface area contributed by atoms with Crippen LogP contribution in [0.2, 0.25) is 5.02 Å². The van der Waals surface area contributed by atoms with E-state index in [4.69, 9.17) is 22.1 Å². The smallest absolute Gasteiger partial charge is 0.412 e. The minimum atomic E-state index is -1.34. The Bertz CT molecular complexity index is 1370. The summed E-state index contributed by atoms with van der Waals surface area (Å²) in [5.41, 5.74) is 7.80. The van der Waals surface area contributed by atoms with Crippen molar-refractivity contribution in [2.45, 2.75) is 37.2 Å². The van der Waals surface area contributed by atoms with Gasteiger partial charge in [0.25, 0.3) is 5.91 Å². The monoisotopic (exact) mass is 495 g/mol. The summed E-state index contributed by atoms with van der Waals surface area (Å²) in [4.78, 5) is 27.4. The Morgan fingerprint density at radius 2 is 2.06 bits per heavy atom. The Labute approximate surface area is 205 Å². The van der Waals surface area contributed by atoms with Crippen molar-refractivity contribution in [3.8, 4) is 5.69 Å². The van der Waals surface area contributed by atoms with Crippen LogP contribution in [-0.4, -0.2) is 39.8 Å². The van der Waals surface area contributed by atoms with Crippen molar-refractivity contribution in [1.82, 2.24) is 14.7 Å². The number of anilines is 2. The molecule has 180 valence electrons. The van der Waals surface area contributed by atoms with Gasteiger partial charge in [-0.25, -0.2) is 13.9 Å². The number of nitrogens with one attached hydrogen (secondary N) is 1. The van der Waals surface area contributed by atoms with Crippen molar-refractivity contribution < 1.29 is 18.7 Å². The van der Waals surface area contributed by atoms with Crippen LogP contribution in [0.25, 0.3) is 5.69 Å². The van der Waals surface area contributed by atoms with Gasteiger partial charge in [0.05, 0.1) is 34.7 Å². The predicted octanol–water partition coefficient (Wildman–Crippen LogP) is 4.82. The second-order valence-electron chi connectivity index (χ2n) is 9.31. The third-order valence-corrected chi connectivity index (χ3v) is 7.33. The molecular weight excluding hydrogens is 473 g/mol. The van der Waals surface area contributed by atoms with Gasteiger partial charge < -0.3 is 15.4 Å². The van der Waals surface area contributed by atoms with Gasteiger partial charge in [0.1, 0.15) is 11.4 Å². The molecule has 0 radical (unpaired) electrons. The van der Waals surface area contributed by atoms with E-state index in [9.17, 15) is 9.59 Å². The third-order valence-electron chi connectivity index (χ3n) is 7.04. The Kier molecular flexibility index (Phi) is 5.00. The lowest BCUT2D eigenvalue weighted by Crippen LogP contribution is -2.53. The first kappa shape index (κ1) is 21.9. The zero-order valence-electron chi connectivity index (χ0n) is 18.8. The van der Waals surface area contributed by atoms with Crippen LogP contribution in [0.15, 0.2) is 42.6 Å². The van der Waals surface area contributed by atoms with E-state index in [1.54, 1.807) is 10.7 Å². The second kappa shape index (κ2) is 7.98. The first-order chi connectivity index (χ1) is 16.9. The molecule has 2 aliphatic heterocycles. The number of rotatable bonds is 3. The van der Waals surface area contributed by atoms with E-state index in [2.05, 4.69) is 16.5 Å². The average Bonchev–Trinajstić information content (AvgIpc) is 3.62. The van der Waals surface area contributed by atoms with E-state index >= 15 is 4.39 Å². The van der Waals surface area contributed by atoms with Gasteiger partial charge in [0.15, 0.2) is 11.4 Å². The number of nitrogen functional groups attached to an aromatic ring is 1. The highest BCUT2D eigenvalue weighted by Gasteiger charge is 2.49. The first-order valence-corrected chi connectivity index (χ1v) is 12.0.